The first kappa shape index (κ1) is 14.2. The number of halogens is 1. The van der Waals surface area contributed by atoms with Gasteiger partial charge in [0.05, 0.1) is 0 Å². The van der Waals surface area contributed by atoms with Gasteiger partial charge in [0.1, 0.15) is 11.6 Å². The molecule has 1 saturated heterocycles. The number of Topliss-reactive ketones (excluding diaryl/α,β-unsaturated/α-hetero) is 1. The fourth-order valence-electron chi connectivity index (χ4n) is 2.74. The smallest absolute Gasteiger partial charge is 0.143 e. The molecule has 1 atom stereocenters. The van der Waals surface area contributed by atoms with Gasteiger partial charge in [-0.3, -0.25) is 4.79 Å². The number of benzene rings is 1. The van der Waals surface area contributed by atoms with Crippen molar-refractivity contribution in [1.82, 2.24) is 5.32 Å². The van der Waals surface area contributed by atoms with E-state index in [9.17, 15) is 9.18 Å². The van der Waals surface area contributed by atoms with Gasteiger partial charge in [-0.1, -0.05) is 32.0 Å². The summed E-state index contributed by atoms with van der Waals surface area (Å²) in [7, 11) is 0. The van der Waals surface area contributed by atoms with Crippen LogP contribution >= 0.6 is 0 Å². The minimum absolute atomic E-state index is 0.131. The Kier molecular flexibility index (Phi) is 4.35. The monoisotopic (exact) mass is 263 g/mol. The predicted molar refractivity (Wildman–Crippen MR) is 74.5 cm³/mol. The van der Waals surface area contributed by atoms with Gasteiger partial charge in [-0.25, -0.2) is 4.39 Å². The van der Waals surface area contributed by atoms with Crippen LogP contribution in [0.4, 0.5) is 4.39 Å². The normalized spacial score (nSPS) is 20.3. The van der Waals surface area contributed by atoms with Crippen molar-refractivity contribution in [3.05, 3.63) is 35.6 Å². The molecule has 1 aromatic carbocycles. The Labute approximate surface area is 114 Å². The molecule has 104 valence electrons. The van der Waals surface area contributed by atoms with Crippen LogP contribution < -0.4 is 5.32 Å². The molecule has 0 saturated carbocycles. The maximum Gasteiger partial charge on any atom is 0.143 e. The highest BCUT2D eigenvalue weighted by Crippen LogP contribution is 2.33. The summed E-state index contributed by atoms with van der Waals surface area (Å²) in [5.74, 6) is 0.195. The van der Waals surface area contributed by atoms with E-state index in [1.807, 2.05) is 13.8 Å². The maximum absolute atomic E-state index is 13.6. The van der Waals surface area contributed by atoms with Crippen molar-refractivity contribution < 1.29 is 9.18 Å². The van der Waals surface area contributed by atoms with Crippen molar-refractivity contribution in [1.29, 1.82) is 0 Å². The van der Waals surface area contributed by atoms with Crippen LogP contribution in [0, 0.1) is 17.2 Å². The van der Waals surface area contributed by atoms with Gasteiger partial charge >= 0.3 is 0 Å². The molecule has 1 aliphatic rings. The summed E-state index contributed by atoms with van der Waals surface area (Å²) in [5, 5.41) is 3.34. The summed E-state index contributed by atoms with van der Waals surface area (Å²) in [4.78, 5) is 12.5. The molecule has 0 aliphatic carbocycles. The number of piperidine rings is 1. The molecular formula is C16H22FNO. The number of ketones is 1. The molecule has 1 heterocycles. The summed E-state index contributed by atoms with van der Waals surface area (Å²) in [6.45, 7) is 5.91. The zero-order valence-electron chi connectivity index (χ0n) is 11.7. The second kappa shape index (κ2) is 5.83. The van der Waals surface area contributed by atoms with Crippen LogP contribution in [0.25, 0.3) is 0 Å². The average molecular weight is 263 g/mol. The summed E-state index contributed by atoms with van der Waals surface area (Å²) in [6, 6.07) is 6.54. The lowest BCUT2D eigenvalue weighted by atomic mass is 9.71. The highest BCUT2D eigenvalue weighted by atomic mass is 19.1. The number of carbonyl (C=O) groups excluding carboxylic acids is 1. The summed E-state index contributed by atoms with van der Waals surface area (Å²) in [5.41, 5.74) is 0.111. The van der Waals surface area contributed by atoms with E-state index >= 15 is 0 Å². The highest BCUT2D eigenvalue weighted by Gasteiger charge is 2.36. The fourth-order valence-corrected chi connectivity index (χ4v) is 2.74. The van der Waals surface area contributed by atoms with Crippen LogP contribution in [0.2, 0.25) is 0 Å². The molecule has 1 aromatic rings. The molecule has 0 bridgehead atoms. The molecule has 19 heavy (non-hydrogen) atoms. The van der Waals surface area contributed by atoms with Crippen molar-refractivity contribution in [2.24, 2.45) is 11.3 Å². The van der Waals surface area contributed by atoms with Crippen LogP contribution in [-0.4, -0.2) is 18.9 Å². The van der Waals surface area contributed by atoms with Crippen LogP contribution in [0.15, 0.2) is 24.3 Å². The third kappa shape index (κ3) is 3.21. The van der Waals surface area contributed by atoms with E-state index in [4.69, 9.17) is 0 Å². The van der Waals surface area contributed by atoms with E-state index in [2.05, 4.69) is 5.32 Å². The molecule has 0 aromatic heterocycles. The van der Waals surface area contributed by atoms with Crippen LogP contribution in [0.1, 0.15) is 32.3 Å². The second-order valence-corrected chi connectivity index (χ2v) is 5.96. The first-order valence-electron chi connectivity index (χ1n) is 6.99. The molecule has 3 heteroatoms. The van der Waals surface area contributed by atoms with E-state index in [0.29, 0.717) is 11.5 Å². The van der Waals surface area contributed by atoms with Gasteiger partial charge in [-0.05, 0) is 43.5 Å². The first-order valence-corrected chi connectivity index (χ1v) is 6.99. The molecule has 2 nitrogen and oxygen atoms in total. The Balaban J connectivity index is 2.08. The van der Waals surface area contributed by atoms with E-state index in [-0.39, 0.29) is 18.0 Å². The standard InChI is InChI=1S/C16H22FNO/c1-16(2,13-7-5-9-18-11-13)15(19)10-12-6-3-4-8-14(12)17/h3-4,6,8,13,18H,5,7,9-11H2,1-2H3. The molecular weight excluding hydrogens is 241 g/mol. The molecule has 0 amide bonds. The quantitative estimate of drug-likeness (QED) is 0.905. The zero-order chi connectivity index (χ0) is 13.9. The van der Waals surface area contributed by atoms with Crippen LogP contribution in [0.5, 0.6) is 0 Å². The first-order chi connectivity index (χ1) is 9.01. The molecule has 2 rings (SSSR count). The maximum atomic E-state index is 13.6. The molecule has 1 N–H and O–H groups in total. The van der Waals surface area contributed by atoms with Crippen molar-refractivity contribution in [3.63, 3.8) is 0 Å². The predicted octanol–water partition coefficient (Wildman–Crippen LogP) is 2.96. The SMILES string of the molecule is CC(C)(C(=O)Cc1ccccc1F)C1CCCNC1. The van der Waals surface area contributed by atoms with Crippen molar-refractivity contribution in [2.75, 3.05) is 13.1 Å². The fraction of sp³-hybridized carbons (Fsp3) is 0.562. The Bertz CT molecular complexity index is 450. The van der Waals surface area contributed by atoms with Crippen molar-refractivity contribution in [3.8, 4) is 0 Å². The van der Waals surface area contributed by atoms with Crippen LogP contribution in [0.3, 0.4) is 0 Å². The highest BCUT2D eigenvalue weighted by molar-refractivity contribution is 5.86. The van der Waals surface area contributed by atoms with E-state index in [0.717, 1.165) is 25.9 Å². The number of nitrogens with one attached hydrogen (secondary N) is 1. The number of hydrogen-bond donors (Lipinski definition) is 1. The average Bonchev–Trinajstić information content (AvgIpc) is 2.42. The zero-order valence-corrected chi connectivity index (χ0v) is 11.7. The van der Waals surface area contributed by atoms with Gasteiger partial charge < -0.3 is 5.32 Å². The minimum atomic E-state index is -0.393. The molecule has 1 unspecified atom stereocenters. The molecule has 0 spiro atoms. The lowest BCUT2D eigenvalue weighted by Crippen LogP contribution is -2.43. The van der Waals surface area contributed by atoms with Gasteiger partial charge in [-0.15, -0.1) is 0 Å². The Morgan fingerprint density at radius 2 is 2.16 bits per heavy atom. The molecule has 1 fully saturated rings. The van der Waals surface area contributed by atoms with E-state index < -0.39 is 5.41 Å². The number of hydrogen-bond acceptors (Lipinski definition) is 2. The van der Waals surface area contributed by atoms with Crippen molar-refractivity contribution in [2.45, 2.75) is 33.1 Å². The largest absolute Gasteiger partial charge is 0.316 e. The number of rotatable bonds is 4. The van der Waals surface area contributed by atoms with Gasteiger partial charge in [0, 0.05) is 11.8 Å². The van der Waals surface area contributed by atoms with Gasteiger partial charge in [0.2, 0.25) is 0 Å². The second-order valence-electron chi connectivity index (χ2n) is 5.96. The summed E-state index contributed by atoms with van der Waals surface area (Å²) < 4.78 is 13.6. The van der Waals surface area contributed by atoms with Crippen LogP contribution in [-0.2, 0) is 11.2 Å². The summed E-state index contributed by atoms with van der Waals surface area (Å²) >= 11 is 0. The van der Waals surface area contributed by atoms with Gasteiger partial charge in [-0.2, -0.15) is 0 Å². The topological polar surface area (TPSA) is 29.1 Å². The van der Waals surface area contributed by atoms with Crippen molar-refractivity contribution >= 4 is 5.78 Å². The lowest BCUT2D eigenvalue weighted by molar-refractivity contribution is -0.129. The van der Waals surface area contributed by atoms with Gasteiger partial charge in [0.15, 0.2) is 0 Å². The minimum Gasteiger partial charge on any atom is -0.316 e. The molecule has 0 radical (unpaired) electrons. The van der Waals surface area contributed by atoms with Gasteiger partial charge in [0.25, 0.3) is 0 Å². The van der Waals surface area contributed by atoms with E-state index in [1.165, 1.54) is 6.07 Å². The Morgan fingerprint density at radius 1 is 1.42 bits per heavy atom. The summed E-state index contributed by atoms with van der Waals surface area (Å²) in [6.07, 6.45) is 2.38. The number of carbonyl (C=O) groups is 1. The Hall–Kier alpha value is -1.22. The third-order valence-corrected chi connectivity index (χ3v) is 4.35. The lowest BCUT2D eigenvalue weighted by Gasteiger charge is -2.36. The Morgan fingerprint density at radius 3 is 2.79 bits per heavy atom. The van der Waals surface area contributed by atoms with E-state index in [1.54, 1.807) is 18.2 Å². The third-order valence-electron chi connectivity index (χ3n) is 4.35. The molecule has 1 aliphatic heterocycles.